The first kappa shape index (κ1) is 13.9. The second-order valence-corrected chi connectivity index (χ2v) is 6.61. The van der Waals surface area contributed by atoms with Crippen LogP contribution in [0, 0.1) is 0 Å². The summed E-state index contributed by atoms with van der Waals surface area (Å²) in [6.45, 7) is 7.05. The summed E-state index contributed by atoms with van der Waals surface area (Å²) in [5.74, 6) is 0.744. The van der Waals surface area contributed by atoms with Crippen molar-refractivity contribution in [2.75, 3.05) is 18.0 Å². The number of aromatic amines is 1. The number of hydrogen-bond donors (Lipinski definition) is 1. The molecule has 1 N–H and O–H groups in total. The van der Waals surface area contributed by atoms with Crippen LogP contribution in [-0.2, 0) is 4.74 Å². The summed E-state index contributed by atoms with van der Waals surface area (Å²) in [5.41, 5.74) is -0.683. The van der Waals surface area contributed by atoms with E-state index in [0.717, 1.165) is 25.3 Å². The van der Waals surface area contributed by atoms with Crippen LogP contribution >= 0.6 is 0 Å². The van der Waals surface area contributed by atoms with Crippen LogP contribution < -0.4 is 10.5 Å². The predicted molar refractivity (Wildman–Crippen MR) is 77.3 cm³/mol. The summed E-state index contributed by atoms with van der Waals surface area (Å²) in [6, 6.07) is 0.319. The number of rotatable bonds is 1. The Morgan fingerprint density at radius 1 is 1.38 bits per heavy atom. The fraction of sp³-hybridized carbons (Fsp3) is 0.643. The van der Waals surface area contributed by atoms with Crippen LogP contribution in [0.2, 0.25) is 0 Å². The summed E-state index contributed by atoms with van der Waals surface area (Å²) >= 11 is 0. The van der Waals surface area contributed by atoms with Crippen LogP contribution in [0.5, 0.6) is 0 Å². The Bertz CT molecular complexity index is 574. The van der Waals surface area contributed by atoms with Crippen molar-refractivity contribution in [1.82, 2.24) is 14.9 Å². The van der Waals surface area contributed by atoms with Crippen molar-refractivity contribution < 1.29 is 9.53 Å². The molecule has 7 heteroatoms. The molecule has 1 amide bonds. The van der Waals surface area contributed by atoms with E-state index in [2.05, 4.69) is 14.9 Å². The monoisotopic (exact) mass is 292 g/mol. The average Bonchev–Trinajstić information content (AvgIpc) is 2.37. The lowest BCUT2D eigenvalue weighted by molar-refractivity contribution is -0.0380. The summed E-state index contributed by atoms with van der Waals surface area (Å²) in [6.07, 6.45) is 3.66. The Hall–Kier alpha value is -2.05. The minimum absolute atomic E-state index is 0.160. The molecular weight excluding hydrogens is 272 g/mol. The zero-order valence-corrected chi connectivity index (χ0v) is 12.5. The number of carbonyl (C=O) groups is 1. The van der Waals surface area contributed by atoms with Crippen molar-refractivity contribution >= 4 is 11.9 Å². The molecule has 0 aliphatic carbocycles. The zero-order valence-electron chi connectivity index (χ0n) is 12.5. The fourth-order valence-electron chi connectivity index (χ4n) is 2.92. The fourth-order valence-corrected chi connectivity index (χ4v) is 2.92. The van der Waals surface area contributed by atoms with Gasteiger partial charge in [-0.15, -0.1) is 0 Å². The Morgan fingerprint density at radius 3 is 2.57 bits per heavy atom. The molecule has 114 valence electrons. The highest BCUT2D eigenvalue weighted by molar-refractivity contribution is 5.71. The quantitative estimate of drug-likeness (QED) is 0.834. The highest BCUT2D eigenvalue weighted by Crippen LogP contribution is 2.34. The third-order valence-corrected chi connectivity index (χ3v) is 3.78. The molecule has 7 nitrogen and oxygen atoms in total. The highest BCUT2D eigenvalue weighted by atomic mass is 16.6. The lowest BCUT2D eigenvalue weighted by Gasteiger charge is -2.55. The maximum atomic E-state index is 12.2. The van der Waals surface area contributed by atoms with E-state index >= 15 is 0 Å². The number of anilines is 1. The standard InChI is InChI=1S/C14H20N4O3/c1-14(2,3)21-13(20)18-9-4-10(18)8-17(7-9)11-5-16-12(19)6-15-11/h5-6,9-10H,4,7-8H2,1-3H3,(H,16,19). The Morgan fingerprint density at radius 2 is 2.05 bits per heavy atom. The molecule has 1 aromatic rings. The molecular formula is C14H20N4O3. The van der Waals surface area contributed by atoms with E-state index < -0.39 is 5.60 Å². The molecule has 2 unspecified atom stereocenters. The van der Waals surface area contributed by atoms with E-state index in [9.17, 15) is 9.59 Å². The van der Waals surface area contributed by atoms with Crippen molar-refractivity contribution in [3.8, 4) is 0 Å². The number of amides is 1. The van der Waals surface area contributed by atoms with Crippen LogP contribution in [0.15, 0.2) is 17.2 Å². The van der Waals surface area contributed by atoms with Gasteiger partial charge in [0.25, 0.3) is 5.56 Å². The van der Waals surface area contributed by atoms with Gasteiger partial charge in [0.15, 0.2) is 0 Å². The van der Waals surface area contributed by atoms with Gasteiger partial charge in [-0.1, -0.05) is 0 Å². The van der Waals surface area contributed by atoms with E-state index in [0.29, 0.717) is 0 Å². The number of ether oxygens (including phenoxy) is 1. The minimum atomic E-state index is -0.471. The third kappa shape index (κ3) is 2.72. The van der Waals surface area contributed by atoms with Gasteiger partial charge in [0.2, 0.25) is 0 Å². The van der Waals surface area contributed by atoms with Crippen molar-refractivity contribution in [1.29, 1.82) is 0 Å². The van der Waals surface area contributed by atoms with Gasteiger partial charge in [-0.3, -0.25) is 9.69 Å². The first-order chi connectivity index (χ1) is 9.83. The molecule has 1 aromatic heterocycles. The van der Waals surface area contributed by atoms with E-state index in [-0.39, 0.29) is 23.7 Å². The van der Waals surface area contributed by atoms with Crippen LogP contribution in [0.25, 0.3) is 0 Å². The first-order valence-electron chi connectivity index (χ1n) is 7.14. The molecule has 0 aromatic carbocycles. The number of nitrogens with zero attached hydrogens (tertiary/aromatic N) is 3. The lowest BCUT2D eigenvalue weighted by atomic mass is 9.88. The van der Waals surface area contributed by atoms with Crippen molar-refractivity contribution in [3.05, 3.63) is 22.7 Å². The Balaban J connectivity index is 1.65. The Labute approximate surface area is 122 Å². The third-order valence-electron chi connectivity index (χ3n) is 3.78. The van der Waals surface area contributed by atoms with Crippen molar-refractivity contribution in [2.45, 2.75) is 44.9 Å². The summed E-state index contributed by atoms with van der Waals surface area (Å²) in [7, 11) is 0. The van der Waals surface area contributed by atoms with Gasteiger partial charge < -0.3 is 14.6 Å². The molecule has 4 rings (SSSR count). The molecule has 4 heterocycles. The van der Waals surface area contributed by atoms with E-state index in [4.69, 9.17) is 4.74 Å². The maximum Gasteiger partial charge on any atom is 0.410 e. The topological polar surface area (TPSA) is 78.5 Å². The lowest BCUT2D eigenvalue weighted by Crippen LogP contribution is -2.70. The number of H-pyrrole nitrogens is 1. The number of nitrogens with one attached hydrogen (secondary N) is 1. The van der Waals surface area contributed by atoms with E-state index in [1.807, 2.05) is 25.7 Å². The molecule has 21 heavy (non-hydrogen) atoms. The largest absolute Gasteiger partial charge is 0.444 e. The highest BCUT2D eigenvalue weighted by Gasteiger charge is 2.49. The molecule has 3 saturated heterocycles. The zero-order chi connectivity index (χ0) is 15.2. The van der Waals surface area contributed by atoms with E-state index in [1.54, 1.807) is 6.20 Å². The molecule has 0 radical (unpaired) electrons. The number of piperazine rings is 1. The average molecular weight is 292 g/mol. The molecule has 3 fully saturated rings. The van der Waals surface area contributed by atoms with Gasteiger partial charge in [-0.2, -0.15) is 0 Å². The van der Waals surface area contributed by atoms with Crippen molar-refractivity contribution in [2.24, 2.45) is 0 Å². The molecule has 3 aliphatic heterocycles. The smallest absolute Gasteiger partial charge is 0.410 e. The molecule has 3 aliphatic rings. The number of carbonyl (C=O) groups excluding carboxylic acids is 1. The number of aromatic nitrogens is 2. The molecule has 2 atom stereocenters. The molecule has 2 bridgehead atoms. The summed E-state index contributed by atoms with van der Waals surface area (Å²) in [4.78, 5) is 33.9. The van der Waals surface area contributed by atoms with Crippen LogP contribution in [0.1, 0.15) is 27.2 Å². The summed E-state index contributed by atoms with van der Waals surface area (Å²) in [5, 5.41) is 0. The summed E-state index contributed by atoms with van der Waals surface area (Å²) < 4.78 is 5.44. The van der Waals surface area contributed by atoms with Gasteiger partial charge in [-0.05, 0) is 27.2 Å². The van der Waals surface area contributed by atoms with Gasteiger partial charge in [0, 0.05) is 19.3 Å². The maximum absolute atomic E-state index is 12.2. The van der Waals surface area contributed by atoms with Gasteiger partial charge >= 0.3 is 6.09 Å². The van der Waals surface area contributed by atoms with E-state index in [1.165, 1.54) is 6.20 Å². The minimum Gasteiger partial charge on any atom is -0.444 e. The second-order valence-electron chi connectivity index (χ2n) is 6.61. The number of hydrogen-bond acceptors (Lipinski definition) is 5. The predicted octanol–water partition coefficient (Wildman–Crippen LogP) is 0.968. The first-order valence-corrected chi connectivity index (χ1v) is 7.14. The van der Waals surface area contributed by atoms with Crippen LogP contribution in [0.3, 0.4) is 0 Å². The normalized spacial score (nSPS) is 24.5. The second kappa shape index (κ2) is 4.75. The Kier molecular flexibility index (Phi) is 3.15. The van der Waals surface area contributed by atoms with Gasteiger partial charge in [0.05, 0.1) is 18.3 Å². The SMILES string of the molecule is CC(C)(C)OC(=O)N1C2CC1CN(c1c[nH]c(=O)cn1)C2. The van der Waals surface area contributed by atoms with Crippen LogP contribution in [0.4, 0.5) is 10.6 Å². The number of fused-ring (bicyclic) bond motifs is 2. The van der Waals surface area contributed by atoms with Gasteiger partial charge in [0.1, 0.15) is 11.4 Å². The molecule has 0 saturated carbocycles. The van der Waals surface area contributed by atoms with Crippen LogP contribution in [-0.4, -0.2) is 51.7 Å². The van der Waals surface area contributed by atoms with Crippen molar-refractivity contribution in [3.63, 3.8) is 0 Å². The van der Waals surface area contributed by atoms with Gasteiger partial charge in [-0.25, -0.2) is 9.78 Å². The number of piperidine rings is 1. The molecule has 0 spiro atoms.